The van der Waals surface area contributed by atoms with Crippen LogP contribution in [0.25, 0.3) is 10.9 Å². The lowest BCUT2D eigenvalue weighted by Crippen LogP contribution is -2.41. The minimum Gasteiger partial charge on any atom is -0.339 e. The van der Waals surface area contributed by atoms with E-state index in [2.05, 4.69) is 15.5 Å². The Hall–Kier alpha value is -3.15. The van der Waals surface area contributed by atoms with E-state index in [1.165, 1.54) is 0 Å². The van der Waals surface area contributed by atoms with Gasteiger partial charge in [-0.1, -0.05) is 35.9 Å². The summed E-state index contributed by atoms with van der Waals surface area (Å²) in [6.45, 7) is 2.60. The van der Waals surface area contributed by atoms with Crippen molar-refractivity contribution in [1.29, 1.82) is 0 Å². The molecule has 0 bridgehead atoms. The lowest BCUT2D eigenvalue weighted by molar-refractivity contribution is -0.118. The van der Waals surface area contributed by atoms with Crippen molar-refractivity contribution >= 4 is 28.4 Å². The molecule has 25 heavy (non-hydrogen) atoms. The Morgan fingerprint density at radius 2 is 1.96 bits per heavy atom. The van der Waals surface area contributed by atoms with Crippen molar-refractivity contribution < 1.29 is 9.59 Å². The van der Waals surface area contributed by atoms with E-state index >= 15 is 0 Å². The largest absolute Gasteiger partial charge is 0.339 e. The molecule has 0 spiro atoms. The summed E-state index contributed by atoms with van der Waals surface area (Å²) >= 11 is 0. The molecule has 4 rings (SSSR count). The van der Waals surface area contributed by atoms with Gasteiger partial charge in [-0.25, -0.2) is 0 Å². The van der Waals surface area contributed by atoms with E-state index in [1.54, 1.807) is 4.90 Å². The van der Waals surface area contributed by atoms with Gasteiger partial charge in [-0.05, 0) is 31.5 Å². The third-order valence-electron chi connectivity index (χ3n) is 4.54. The fraction of sp³-hybridized carbons (Fsp3) is 0.211. The average molecular weight is 334 g/mol. The number of aryl methyl sites for hydroxylation is 1. The molecule has 0 aliphatic carbocycles. The summed E-state index contributed by atoms with van der Waals surface area (Å²) in [5.41, 5.74) is 3.12. The number of para-hydroxylation sites is 1. The molecule has 0 unspecified atom stereocenters. The zero-order valence-electron chi connectivity index (χ0n) is 13.8. The number of H-pyrrole nitrogens is 1. The second-order valence-corrected chi connectivity index (χ2v) is 6.26. The molecule has 1 aromatic heterocycles. The van der Waals surface area contributed by atoms with Gasteiger partial charge in [0.15, 0.2) is 5.69 Å². The summed E-state index contributed by atoms with van der Waals surface area (Å²) in [5, 5.41) is 10.5. The van der Waals surface area contributed by atoms with Gasteiger partial charge in [0.25, 0.3) is 5.91 Å². The number of hydrogen-bond donors (Lipinski definition) is 2. The third kappa shape index (κ3) is 2.76. The molecule has 3 aromatic rings. The van der Waals surface area contributed by atoms with Crippen molar-refractivity contribution in [3.05, 3.63) is 59.8 Å². The van der Waals surface area contributed by atoms with Crippen LogP contribution >= 0.6 is 0 Å². The normalized spacial score (nSPS) is 17.2. The molecule has 2 aromatic carbocycles. The van der Waals surface area contributed by atoms with Crippen molar-refractivity contribution in [3.63, 3.8) is 0 Å². The predicted molar refractivity (Wildman–Crippen MR) is 95.5 cm³/mol. The van der Waals surface area contributed by atoms with Gasteiger partial charge in [0, 0.05) is 17.6 Å². The molecule has 1 saturated heterocycles. The Morgan fingerprint density at radius 1 is 1.20 bits per heavy atom. The second kappa shape index (κ2) is 6.05. The molecule has 2 amide bonds. The topological polar surface area (TPSA) is 78.1 Å². The van der Waals surface area contributed by atoms with Gasteiger partial charge in [0.2, 0.25) is 5.91 Å². The van der Waals surface area contributed by atoms with Gasteiger partial charge in [-0.3, -0.25) is 14.7 Å². The zero-order valence-corrected chi connectivity index (χ0v) is 13.8. The number of aromatic nitrogens is 2. The summed E-state index contributed by atoms with van der Waals surface area (Å²) in [6, 6.07) is 14.7. The van der Waals surface area contributed by atoms with Crippen LogP contribution in [0.4, 0.5) is 5.69 Å². The van der Waals surface area contributed by atoms with Crippen LogP contribution in [-0.2, 0) is 4.79 Å². The molecule has 126 valence electrons. The number of aromatic amines is 1. The maximum absolute atomic E-state index is 12.6. The van der Waals surface area contributed by atoms with Gasteiger partial charge >= 0.3 is 0 Å². The highest BCUT2D eigenvalue weighted by Crippen LogP contribution is 2.22. The summed E-state index contributed by atoms with van der Waals surface area (Å²) in [6.07, 6.45) is 0.584. The van der Waals surface area contributed by atoms with E-state index < -0.39 is 6.04 Å². The van der Waals surface area contributed by atoms with Gasteiger partial charge in [-0.2, -0.15) is 5.10 Å². The second-order valence-electron chi connectivity index (χ2n) is 6.26. The molecular formula is C19H18N4O2. The first-order chi connectivity index (χ1) is 12.1. The summed E-state index contributed by atoms with van der Waals surface area (Å²) in [4.78, 5) is 26.9. The van der Waals surface area contributed by atoms with E-state index in [-0.39, 0.29) is 11.8 Å². The van der Waals surface area contributed by atoms with Gasteiger partial charge in [0.05, 0.1) is 5.52 Å². The fourth-order valence-electron chi connectivity index (χ4n) is 3.16. The molecule has 2 N–H and O–H groups in total. The Balaban J connectivity index is 1.51. The van der Waals surface area contributed by atoms with Crippen LogP contribution in [0.2, 0.25) is 0 Å². The molecular weight excluding hydrogens is 316 g/mol. The number of anilines is 1. The minimum atomic E-state index is -0.524. The number of carbonyl (C=O) groups excluding carboxylic acids is 2. The first-order valence-corrected chi connectivity index (χ1v) is 8.25. The Kier molecular flexibility index (Phi) is 3.72. The van der Waals surface area contributed by atoms with Crippen molar-refractivity contribution in [2.75, 3.05) is 11.4 Å². The number of nitrogens with zero attached hydrogens (tertiary/aromatic N) is 2. The molecule has 0 saturated carbocycles. The smallest absolute Gasteiger partial charge is 0.273 e. The van der Waals surface area contributed by atoms with Crippen molar-refractivity contribution in [3.8, 4) is 0 Å². The number of fused-ring (bicyclic) bond motifs is 1. The third-order valence-corrected chi connectivity index (χ3v) is 4.54. The molecule has 6 nitrogen and oxygen atoms in total. The lowest BCUT2D eigenvalue weighted by Gasteiger charge is -2.17. The highest BCUT2D eigenvalue weighted by Gasteiger charge is 2.34. The van der Waals surface area contributed by atoms with Crippen LogP contribution in [0.5, 0.6) is 0 Å². The SMILES string of the molecule is Cc1ccc(N2CC[C@@H](NC(=O)c3n[nH]c4ccccc34)C2=O)cc1. The fourth-order valence-corrected chi connectivity index (χ4v) is 3.16. The zero-order chi connectivity index (χ0) is 17.4. The molecule has 6 heteroatoms. The molecule has 1 aliphatic heterocycles. The van der Waals surface area contributed by atoms with Crippen LogP contribution in [0.15, 0.2) is 48.5 Å². The standard InChI is InChI=1S/C19H18N4O2/c1-12-6-8-13(9-7-12)23-11-10-16(19(23)25)20-18(24)17-14-4-2-3-5-15(14)21-22-17/h2-9,16H,10-11H2,1H3,(H,20,24)(H,21,22)/t16-/m1/s1. The van der Waals surface area contributed by atoms with Gasteiger partial charge in [0.1, 0.15) is 6.04 Å². The van der Waals surface area contributed by atoms with E-state index in [9.17, 15) is 9.59 Å². The Bertz CT molecular complexity index is 945. The predicted octanol–water partition coefficient (Wildman–Crippen LogP) is 2.41. The first-order valence-electron chi connectivity index (χ1n) is 8.25. The maximum atomic E-state index is 12.6. The van der Waals surface area contributed by atoms with Gasteiger partial charge < -0.3 is 10.2 Å². The van der Waals surface area contributed by atoms with Crippen molar-refractivity contribution in [2.45, 2.75) is 19.4 Å². The lowest BCUT2D eigenvalue weighted by atomic mass is 10.2. The summed E-state index contributed by atoms with van der Waals surface area (Å²) in [5.74, 6) is -0.418. The van der Waals surface area contributed by atoms with E-state index in [0.717, 1.165) is 22.2 Å². The number of amides is 2. The van der Waals surface area contributed by atoms with Crippen molar-refractivity contribution in [1.82, 2.24) is 15.5 Å². The van der Waals surface area contributed by atoms with Crippen molar-refractivity contribution in [2.24, 2.45) is 0 Å². The number of carbonyl (C=O) groups is 2. The highest BCUT2D eigenvalue weighted by molar-refractivity contribution is 6.08. The molecule has 0 radical (unpaired) electrons. The Labute approximate surface area is 144 Å². The molecule has 1 atom stereocenters. The average Bonchev–Trinajstić information content (AvgIpc) is 3.20. The maximum Gasteiger partial charge on any atom is 0.273 e. The van der Waals surface area contributed by atoms with Crippen LogP contribution in [0.1, 0.15) is 22.5 Å². The minimum absolute atomic E-state index is 0.0861. The van der Waals surface area contributed by atoms with Gasteiger partial charge in [-0.15, -0.1) is 0 Å². The first kappa shape index (κ1) is 15.4. The molecule has 1 fully saturated rings. The summed E-state index contributed by atoms with van der Waals surface area (Å²) < 4.78 is 0. The highest BCUT2D eigenvalue weighted by atomic mass is 16.2. The van der Waals surface area contributed by atoms with E-state index in [1.807, 2.05) is 55.5 Å². The van der Waals surface area contributed by atoms with Crippen LogP contribution in [0.3, 0.4) is 0 Å². The number of rotatable bonds is 3. The quantitative estimate of drug-likeness (QED) is 0.772. The Morgan fingerprint density at radius 3 is 2.76 bits per heavy atom. The van der Waals surface area contributed by atoms with Crippen LogP contribution < -0.4 is 10.2 Å². The van der Waals surface area contributed by atoms with Crippen LogP contribution in [0, 0.1) is 6.92 Å². The monoisotopic (exact) mass is 334 g/mol. The number of benzene rings is 2. The van der Waals surface area contributed by atoms with E-state index in [4.69, 9.17) is 0 Å². The molecule has 2 heterocycles. The number of hydrogen-bond acceptors (Lipinski definition) is 3. The number of nitrogens with one attached hydrogen (secondary N) is 2. The van der Waals surface area contributed by atoms with E-state index in [0.29, 0.717) is 18.7 Å². The van der Waals surface area contributed by atoms with Crippen LogP contribution in [-0.4, -0.2) is 34.6 Å². The molecule has 1 aliphatic rings. The summed E-state index contributed by atoms with van der Waals surface area (Å²) in [7, 11) is 0.